The highest BCUT2D eigenvalue weighted by atomic mass is 16.2. The molecule has 0 radical (unpaired) electrons. The number of amides is 1. The fourth-order valence-electron chi connectivity index (χ4n) is 2.84. The zero-order chi connectivity index (χ0) is 12.1. The van der Waals surface area contributed by atoms with Crippen molar-refractivity contribution in [1.82, 2.24) is 10.2 Å². The number of carbonyl (C=O) groups is 1. The first-order valence-electron chi connectivity index (χ1n) is 6.73. The van der Waals surface area contributed by atoms with E-state index in [4.69, 9.17) is 5.26 Å². The minimum absolute atomic E-state index is 0.0969. The molecule has 0 aromatic heterocycles. The van der Waals surface area contributed by atoms with Crippen LogP contribution in [0.3, 0.4) is 0 Å². The molecule has 0 spiro atoms. The van der Waals surface area contributed by atoms with Crippen molar-refractivity contribution in [3.05, 3.63) is 0 Å². The summed E-state index contributed by atoms with van der Waals surface area (Å²) in [4.78, 5) is 13.7. The summed E-state index contributed by atoms with van der Waals surface area (Å²) in [6.45, 7) is 1.16. The predicted molar refractivity (Wildman–Crippen MR) is 65.2 cm³/mol. The smallest absolute Gasteiger partial charge is 0.237 e. The fourth-order valence-corrected chi connectivity index (χ4v) is 2.84. The average molecular weight is 235 g/mol. The number of nitrogens with zero attached hydrogens (tertiary/aromatic N) is 2. The van der Waals surface area contributed by atoms with E-state index in [1.54, 1.807) is 4.90 Å². The van der Waals surface area contributed by atoms with Crippen LogP contribution in [0, 0.1) is 11.3 Å². The van der Waals surface area contributed by atoms with Gasteiger partial charge in [0, 0.05) is 12.6 Å². The van der Waals surface area contributed by atoms with Gasteiger partial charge in [0.1, 0.15) is 6.04 Å². The first-order valence-corrected chi connectivity index (χ1v) is 6.73. The van der Waals surface area contributed by atoms with Crippen molar-refractivity contribution < 1.29 is 4.79 Å². The molecule has 0 aromatic carbocycles. The molecule has 1 amide bonds. The number of nitrogens with one attached hydrogen (secondary N) is 1. The predicted octanol–water partition coefficient (Wildman–Crippen LogP) is 1.42. The van der Waals surface area contributed by atoms with Gasteiger partial charge in [-0.1, -0.05) is 19.3 Å². The molecule has 4 heteroatoms. The Morgan fingerprint density at radius 2 is 2.00 bits per heavy atom. The largest absolute Gasteiger partial charge is 0.326 e. The van der Waals surface area contributed by atoms with Gasteiger partial charge >= 0.3 is 0 Å². The molecule has 4 nitrogen and oxygen atoms in total. The molecule has 1 saturated carbocycles. The second kappa shape index (κ2) is 6.02. The van der Waals surface area contributed by atoms with Crippen molar-refractivity contribution in [1.29, 1.82) is 5.26 Å². The molecule has 0 bridgehead atoms. The van der Waals surface area contributed by atoms with Crippen molar-refractivity contribution >= 4 is 5.91 Å². The van der Waals surface area contributed by atoms with Crippen LogP contribution in [0.25, 0.3) is 0 Å². The summed E-state index contributed by atoms with van der Waals surface area (Å²) in [5.41, 5.74) is 0. The lowest BCUT2D eigenvalue weighted by Gasteiger charge is -2.25. The molecule has 2 fully saturated rings. The molecule has 1 N–H and O–H groups in total. The second-order valence-corrected chi connectivity index (χ2v) is 5.09. The van der Waals surface area contributed by atoms with Gasteiger partial charge in [0.2, 0.25) is 5.91 Å². The molecule has 94 valence electrons. The van der Waals surface area contributed by atoms with E-state index >= 15 is 0 Å². The summed E-state index contributed by atoms with van der Waals surface area (Å²) >= 11 is 0. The van der Waals surface area contributed by atoms with Crippen molar-refractivity contribution in [3.8, 4) is 6.07 Å². The monoisotopic (exact) mass is 235 g/mol. The van der Waals surface area contributed by atoms with Gasteiger partial charge in [-0.15, -0.1) is 0 Å². The third kappa shape index (κ3) is 3.19. The highest BCUT2D eigenvalue weighted by Crippen LogP contribution is 2.18. The molecule has 0 unspecified atom stereocenters. The summed E-state index contributed by atoms with van der Waals surface area (Å²) < 4.78 is 0. The van der Waals surface area contributed by atoms with Crippen LogP contribution in [0.1, 0.15) is 44.9 Å². The van der Waals surface area contributed by atoms with E-state index < -0.39 is 0 Å². The van der Waals surface area contributed by atoms with Gasteiger partial charge in [0.05, 0.1) is 12.6 Å². The second-order valence-electron chi connectivity index (χ2n) is 5.09. The summed E-state index contributed by atoms with van der Waals surface area (Å²) in [5, 5.41) is 12.3. The fraction of sp³-hybridized carbons (Fsp3) is 0.846. The van der Waals surface area contributed by atoms with Crippen LogP contribution >= 0.6 is 0 Å². The number of carbonyl (C=O) groups excluding carboxylic acids is 1. The third-order valence-corrected chi connectivity index (χ3v) is 3.87. The first-order chi connectivity index (χ1) is 8.31. The topological polar surface area (TPSA) is 56.1 Å². The molecule has 0 aromatic rings. The first kappa shape index (κ1) is 12.4. The van der Waals surface area contributed by atoms with Gasteiger partial charge in [-0.2, -0.15) is 5.26 Å². The molecule has 1 aliphatic heterocycles. The van der Waals surface area contributed by atoms with Crippen LogP contribution in [0.4, 0.5) is 0 Å². The van der Waals surface area contributed by atoms with E-state index in [0.717, 1.165) is 19.4 Å². The molecule has 1 heterocycles. The average Bonchev–Trinajstić information content (AvgIpc) is 2.85. The minimum Gasteiger partial charge on any atom is -0.326 e. The van der Waals surface area contributed by atoms with E-state index in [2.05, 4.69) is 11.4 Å². The Morgan fingerprint density at radius 3 is 2.71 bits per heavy atom. The quantitative estimate of drug-likeness (QED) is 0.805. The zero-order valence-electron chi connectivity index (χ0n) is 10.3. The minimum atomic E-state index is -0.185. The molecular formula is C13H21N3O. The number of rotatable bonds is 3. The number of hydrogen-bond acceptors (Lipinski definition) is 3. The molecule has 2 rings (SSSR count). The Morgan fingerprint density at radius 1 is 1.24 bits per heavy atom. The summed E-state index contributed by atoms with van der Waals surface area (Å²) in [6, 6.07) is 2.54. The van der Waals surface area contributed by atoms with Crippen molar-refractivity contribution in [2.75, 3.05) is 13.1 Å². The molecule has 1 saturated heterocycles. The molecule has 2 aliphatic rings. The van der Waals surface area contributed by atoms with Gasteiger partial charge in [0.15, 0.2) is 0 Å². The Kier molecular flexibility index (Phi) is 4.38. The van der Waals surface area contributed by atoms with E-state index in [0.29, 0.717) is 12.6 Å². The molecular weight excluding hydrogens is 214 g/mol. The van der Waals surface area contributed by atoms with Crippen molar-refractivity contribution in [2.24, 2.45) is 0 Å². The Bertz CT molecular complexity index is 304. The maximum atomic E-state index is 12.0. The Labute approximate surface area is 103 Å². The van der Waals surface area contributed by atoms with E-state index in [-0.39, 0.29) is 11.9 Å². The van der Waals surface area contributed by atoms with E-state index in [1.807, 2.05) is 0 Å². The number of hydrogen-bond donors (Lipinski definition) is 1. The van der Waals surface area contributed by atoms with Crippen LogP contribution in [0.5, 0.6) is 0 Å². The van der Waals surface area contributed by atoms with E-state index in [1.165, 1.54) is 32.1 Å². The Balaban J connectivity index is 1.75. The highest BCUT2D eigenvalue weighted by Gasteiger charge is 2.28. The summed E-state index contributed by atoms with van der Waals surface area (Å²) in [7, 11) is 0. The van der Waals surface area contributed by atoms with Crippen LogP contribution in [-0.2, 0) is 4.79 Å². The lowest BCUT2D eigenvalue weighted by atomic mass is 9.95. The standard InChI is InChI=1S/C13H21N3O/c14-9-12-7-4-8-16(12)13(17)10-15-11-5-2-1-3-6-11/h11-12,15H,1-8,10H2/t12-/m0/s1. The SMILES string of the molecule is N#C[C@@H]1CCCN1C(=O)CNC1CCCCC1. The molecule has 1 atom stereocenters. The number of likely N-dealkylation sites (tertiary alicyclic amines) is 1. The van der Waals surface area contributed by atoms with Crippen LogP contribution in [0.2, 0.25) is 0 Å². The van der Waals surface area contributed by atoms with Gasteiger partial charge < -0.3 is 10.2 Å². The van der Waals surface area contributed by atoms with Crippen molar-refractivity contribution in [3.63, 3.8) is 0 Å². The highest BCUT2D eigenvalue weighted by molar-refractivity contribution is 5.79. The van der Waals surface area contributed by atoms with Gasteiger partial charge in [0.25, 0.3) is 0 Å². The number of nitriles is 1. The summed E-state index contributed by atoms with van der Waals surface area (Å²) in [6.07, 6.45) is 8.06. The third-order valence-electron chi connectivity index (χ3n) is 3.87. The lowest BCUT2D eigenvalue weighted by molar-refractivity contribution is -0.130. The van der Waals surface area contributed by atoms with E-state index in [9.17, 15) is 4.79 Å². The Hall–Kier alpha value is -1.08. The maximum absolute atomic E-state index is 12.0. The van der Waals surface area contributed by atoms with Crippen LogP contribution in [-0.4, -0.2) is 36.0 Å². The van der Waals surface area contributed by atoms with Crippen LogP contribution < -0.4 is 5.32 Å². The molecule has 17 heavy (non-hydrogen) atoms. The normalized spacial score (nSPS) is 25.8. The summed E-state index contributed by atoms with van der Waals surface area (Å²) in [5.74, 6) is 0.0969. The van der Waals surface area contributed by atoms with Gasteiger partial charge in [-0.25, -0.2) is 0 Å². The zero-order valence-corrected chi connectivity index (χ0v) is 10.3. The lowest BCUT2D eigenvalue weighted by Crippen LogP contribution is -2.43. The van der Waals surface area contributed by atoms with Gasteiger partial charge in [-0.3, -0.25) is 4.79 Å². The molecule has 1 aliphatic carbocycles. The van der Waals surface area contributed by atoms with Crippen LogP contribution in [0.15, 0.2) is 0 Å². The van der Waals surface area contributed by atoms with Crippen molar-refractivity contribution in [2.45, 2.75) is 57.0 Å². The maximum Gasteiger partial charge on any atom is 0.237 e. The van der Waals surface area contributed by atoms with Gasteiger partial charge in [-0.05, 0) is 25.7 Å².